The molecule has 1 aromatic rings. The van der Waals surface area contributed by atoms with Gasteiger partial charge in [0.25, 0.3) is 0 Å². The first-order valence-corrected chi connectivity index (χ1v) is 6.88. The van der Waals surface area contributed by atoms with E-state index >= 15 is 0 Å². The smallest absolute Gasteiger partial charge is 0.323 e. The van der Waals surface area contributed by atoms with Crippen LogP contribution in [0, 0.1) is 11.6 Å². The second-order valence-electron chi connectivity index (χ2n) is 5.27. The van der Waals surface area contributed by atoms with E-state index in [1.807, 2.05) is 6.92 Å². The molecule has 2 unspecified atom stereocenters. The Hall–Kier alpha value is -1.69. The predicted molar refractivity (Wildman–Crippen MR) is 75.4 cm³/mol. The zero-order chi connectivity index (χ0) is 16.0. The summed E-state index contributed by atoms with van der Waals surface area (Å²) < 4.78 is 31.4. The standard InChI is InChI=1S/C15H21F2NO3/c1-4-7-18-15(3,14(19)20)9-10(2)21-11-5-6-12(16)13(17)8-11/h5-6,8,10,18H,4,7,9H2,1-3H3,(H,19,20). The summed E-state index contributed by atoms with van der Waals surface area (Å²) in [4.78, 5) is 11.4. The molecule has 2 atom stereocenters. The van der Waals surface area contributed by atoms with Crippen molar-refractivity contribution in [3.05, 3.63) is 29.8 Å². The fraction of sp³-hybridized carbons (Fsp3) is 0.533. The number of carbonyl (C=O) groups is 1. The number of benzene rings is 1. The van der Waals surface area contributed by atoms with Crippen LogP contribution in [0.3, 0.4) is 0 Å². The van der Waals surface area contributed by atoms with Crippen molar-refractivity contribution in [3.63, 3.8) is 0 Å². The number of hydrogen-bond acceptors (Lipinski definition) is 3. The van der Waals surface area contributed by atoms with Gasteiger partial charge in [-0.05, 0) is 38.9 Å². The Labute approximate surface area is 123 Å². The summed E-state index contributed by atoms with van der Waals surface area (Å²) in [7, 11) is 0. The molecule has 4 nitrogen and oxygen atoms in total. The highest BCUT2D eigenvalue weighted by atomic mass is 19.2. The molecular weight excluding hydrogens is 280 g/mol. The van der Waals surface area contributed by atoms with Gasteiger partial charge in [0.1, 0.15) is 11.3 Å². The zero-order valence-corrected chi connectivity index (χ0v) is 12.5. The Bertz CT molecular complexity index is 496. The fourth-order valence-corrected chi connectivity index (χ4v) is 2.04. The van der Waals surface area contributed by atoms with Gasteiger partial charge in [-0.2, -0.15) is 0 Å². The van der Waals surface area contributed by atoms with E-state index in [9.17, 15) is 18.7 Å². The van der Waals surface area contributed by atoms with E-state index in [1.165, 1.54) is 6.07 Å². The molecule has 0 aliphatic carbocycles. The molecule has 0 aliphatic rings. The lowest BCUT2D eigenvalue weighted by molar-refractivity contribution is -0.145. The molecule has 2 N–H and O–H groups in total. The summed E-state index contributed by atoms with van der Waals surface area (Å²) in [5, 5.41) is 12.3. The monoisotopic (exact) mass is 301 g/mol. The largest absolute Gasteiger partial charge is 0.491 e. The number of nitrogens with one attached hydrogen (secondary N) is 1. The van der Waals surface area contributed by atoms with Gasteiger partial charge < -0.3 is 15.2 Å². The Morgan fingerprint density at radius 2 is 2.10 bits per heavy atom. The summed E-state index contributed by atoms with van der Waals surface area (Å²) in [6, 6.07) is 3.24. The average Bonchev–Trinajstić information content (AvgIpc) is 2.40. The van der Waals surface area contributed by atoms with Crippen LogP contribution in [0.5, 0.6) is 5.75 Å². The molecule has 118 valence electrons. The molecule has 0 heterocycles. The van der Waals surface area contributed by atoms with Gasteiger partial charge >= 0.3 is 5.97 Å². The van der Waals surface area contributed by atoms with Gasteiger partial charge in [-0.1, -0.05) is 6.92 Å². The maximum Gasteiger partial charge on any atom is 0.323 e. The van der Waals surface area contributed by atoms with Crippen molar-refractivity contribution in [1.29, 1.82) is 0 Å². The van der Waals surface area contributed by atoms with E-state index in [4.69, 9.17) is 4.74 Å². The minimum absolute atomic E-state index is 0.171. The molecule has 0 aliphatic heterocycles. The van der Waals surface area contributed by atoms with Gasteiger partial charge in [-0.15, -0.1) is 0 Å². The number of ether oxygens (including phenoxy) is 1. The number of hydrogen-bond donors (Lipinski definition) is 2. The lowest BCUT2D eigenvalue weighted by Crippen LogP contribution is -2.52. The van der Waals surface area contributed by atoms with E-state index in [0.717, 1.165) is 18.6 Å². The van der Waals surface area contributed by atoms with Gasteiger partial charge in [0.15, 0.2) is 11.6 Å². The summed E-state index contributed by atoms with van der Waals surface area (Å²) in [6.45, 7) is 5.78. The van der Waals surface area contributed by atoms with E-state index < -0.39 is 29.2 Å². The molecule has 0 fully saturated rings. The van der Waals surface area contributed by atoms with Gasteiger partial charge in [-0.3, -0.25) is 4.79 Å². The third-order valence-electron chi connectivity index (χ3n) is 3.16. The van der Waals surface area contributed by atoms with Crippen LogP contribution in [-0.2, 0) is 4.79 Å². The van der Waals surface area contributed by atoms with Crippen molar-refractivity contribution in [2.75, 3.05) is 6.54 Å². The number of aliphatic carboxylic acids is 1. The summed E-state index contributed by atoms with van der Waals surface area (Å²) in [5.41, 5.74) is -1.13. The first kappa shape index (κ1) is 17.4. The highest BCUT2D eigenvalue weighted by Crippen LogP contribution is 2.21. The Balaban J connectivity index is 2.71. The van der Waals surface area contributed by atoms with Gasteiger partial charge in [-0.25, -0.2) is 8.78 Å². The molecule has 0 saturated carbocycles. The van der Waals surface area contributed by atoms with E-state index in [-0.39, 0.29) is 12.2 Å². The second kappa shape index (κ2) is 7.36. The van der Waals surface area contributed by atoms with Crippen LogP contribution in [0.1, 0.15) is 33.6 Å². The van der Waals surface area contributed by atoms with Crippen molar-refractivity contribution < 1.29 is 23.4 Å². The van der Waals surface area contributed by atoms with Crippen LogP contribution in [-0.4, -0.2) is 29.3 Å². The van der Waals surface area contributed by atoms with Crippen molar-refractivity contribution in [2.24, 2.45) is 0 Å². The minimum Gasteiger partial charge on any atom is -0.491 e. The van der Waals surface area contributed by atoms with Crippen LogP contribution >= 0.6 is 0 Å². The lowest BCUT2D eigenvalue weighted by Gasteiger charge is -2.29. The molecule has 6 heteroatoms. The topological polar surface area (TPSA) is 58.6 Å². The predicted octanol–water partition coefficient (Wildman–Crippen LogP) is 2.97. The highest BCUT2D eigenvalue weighted by molar-refractivity contribution is 5.78. The first-order valence-electron chi connectivity index (χ1n) is 6.88. The first-order chi connectivity index (χ1) is 9.78. The molecule has 1 aromatic carbocycles. The normalized spacial score (nSPS) is 15.3. The molecule has 0 spiro atoms. The van der Waals surface area contributed by atoms with Gasteiger partial charge in [0.05, 0.1) is 6.10 Å². The molecular formula is C15H21F2NO3. The number of carboxylic acids is 1. The van der Waals surface area contributed by atoms with Crippen LogP contribution in [0.2, 0.25) is 0 Å². The SMILES string of the molecule is CCCNC(C)(CC(C)Oc1ccc(F)c(F)c1)C(=O)O. The Kier molecular flexibility index (Phi) is 6.08. The molecule has 0 radical (unpaired) electrons. The maximum absolute atomic E-state index is 13.1. The molecule has 0 aromatic heterocycles. The van der Waals surface area contributed by atoms with E-state index in [2.05, 4.69) is 5.32 Å². The van der Waals surface area contributed by atoms with E-state index in [0.29, 0.717) is 6.54 Å². The van der Waals surface area contributed by atoms with Crippen molar-refractivity contribution in [3.8, 4) is 5.75 Å². The van der Waals surface area contributed by atoms with Gasteiger partial charge in [0, 0.05) is 12.5 Å². The van der Waals surface area contributed by atoms with Gasteiger partial charge in [0.2, 0.25) is 0 Å². The molecule has 21 heavy (non-hydrogen) atoms. The zero-order valence-electron chi connectivity index (χ0n) is 12.5. The summed E-state index contributed by atoms with van der Waals surface area (Å²) in [5.74, 6) is -2.75. The number of carboxylic acid groups (broad SMARTS) is 1. The van der Waals surface area contributed by atoms with Crippen LogP contribution in [0.15, 0.2) is 18.2 Å². The lowest BCUT2D eigenvalue weighted by atomic mass is 9.94. The van der Waals surface area contributed by atoms with Crippen LogP contribution < -0.4 is 10.1 Å². The summed E-state index contributed by atoms with van der Waals surface area (Å²) in [6.07, 6.45) is 0.531. The molecule has 1 rings (SSSR count). The van der Waals surface area contributed by atoms with Crippen molar-refractivity contribution in [2.45, 2.75) is 45.3 Å². The van der Waals surface area contributed by atoms with E-state index in [1.54, 1.807) is 13.8 Å². The minimum atomic E-state index is -1.13. The number of rotatable bonds is 8. The third-order valence-corrected chi connectivity index (χ3v) is 3.16. The van der Waals surface area contributed by atoms with Crippen LogP contribution in [0.4, 0.5) is 8.78 Å². The quantitative estimate of drug-likeness (QED) is 0.775. The third kappa shape index (κ3) is 4.97. The Morgan fingerprint density at radius 1 is 1.43 bits per heavy atom. The maximum atomic E-state index is 13.1. The average molecular weight is 301 g/mol. The Morgan fingerprint density at radius 3 is 2.62 bits per heavy atom. The molecule has 0 bridgehead atoms. The van der Waals surface area contributed by atoms with Crippen molar-refractivity contribution >= 4 is 5.97 Å². The summed E-state index contributed by atoms with van der Waals surface area (Å²) >= 11 is 0. The fourth-order valence-electron chi connectivity index (χ4n) is 2.04. The highest BCUT2D eigenvalue weighted by Gasteiger charge is 2.34. The second-order valence-corrected chi connectivity index (χ2v) is 5.27. The van der Waals surface area contributed by atoms with Crippen molar-refractivity contribution in [1.82, 2.24) is 5.32 Å². The number of halogens is 2. The van der Waals surface area contributed by atoms with Crippen LogP contribution in [0.25, 0.3) is 0 Å². The molecule has 0 amide bonds. The molecule has 0 saturated heterocycles.